The van der Waals surface area contributed by atoms with Crippen LogP contribution in [0.25, 0.3) is 11.3 Å². The Labute approximate surface area is 171 Å². The first kappa shape index (κ1) is 18.9. The zero-order chi connectivity index (χ0) is 20.4. The Bertz CT molecular complexity index is 986. The number of hydrogen-bond acceptors (Lipinski definition) is 5. The van der Waals surface area contributed by atoms with Gasteiger partial charge in [-0.2, -0.15) is 0 Å². The number of aliphatic hydroxyl groups excluding tert-OH is 1. The van der Waals surface area contributed by atoms with Crippen molar-refractivity contribution in [3.8, 4) is 17.1 Å². The SMILES string of the molecule is CC1CCCC2(C)C1CCC1(C)Oc3cc(-c4cccnc4)oc(=O)c3C(O)C12. The third kappa shape index (κ3) is 2.70. The summed E-state index contributed by atoms with van der Waals surface area (Å²) in [5.74, 6) is 1.95. The van der Waals surface area contributed by atoms with Crippen molar-refractivity contribution in [2.24, 2.45) is 23.2 Å². The third-order valence-electron chi connectivity index (χ3n) is 8.08. The van der Waals surface area contributed by atoms with E-state index in [2.05, 4.69) is 25.8 Å². The second-order valence-corrected chi connectivity index (χ2v) is 9.78. The summed E-state index contributed by atoms with van der Waals surface area (Å²) in [5, 5.41) is 11.5. The summed E-state index contributed by atoms with van der Waals surface area (Å²) in [6, 6.07) is 5.39. The number of rotatable bonds is 1. The molecule has 5 heteroatoms. The molecule has 1 N–H and O–H groups in total. The summed E-state index contributed by atoms with van der Waals surface area (Å²) in [6.07, 6.45) is 7.92. The number of aromatic nitrogens is 1. The minimum atomic E-state index is -0.874. The van der Waals surface area contributed by atoms with Crippen molar-refractivity contribution in [2.75, 3.05) is 0 Å². The van der Waals surface area contributed by atoms with Gasteiger partial charge in [-0.3, -0.25) is 4.98 Å². The van der Waals surface area contributed by atoms with Crippen molar-refractivity contribution in [3.63, 3.8) is 0 Å². The lowest BCUT2D eigenvalue weighted by atomic mass is 9.47. The molecule has 6 atom stereocenters. The van der Waals surface area contributed by atoms with E-state index in [1.165, 1.54) is 6.42 Å². The highest BCUT2D eigenvalue weighted by atomic mass is 16.5. The smallest absolute Gasteiger partial charge is 0.345 e. The van der Waals surface area contributed by atoms with Crippen LogP contribution in [-0.4, -0.2) is 15.7 Å². The molecular weight excluding hydrogens is 366 g/mol. The van der Waals surface area contributed by atoms with Crippen molar-refractivity contribution in [3.05, 3.63) is 46.6 Å². The molecule has 29 heavy (non-hydrogen) atoms. The zero-order valence-corrected chi connectivity index (χ0v) is 17.4. The van der Waals surface area contributed by atoms with Crippen LogP contribution in [0.4, 0.5) is 0 Å². The van der Waals surface area contributed by atoms with Crippen LogP contribution < -0.4 is 10.4 Å². The molecule has 0 spiro atoms. The van der Waals surface area contributed by atoms with Crippen LogP contribution in [0.3, 0.4) is 0 Å². The van der Waals surface area contributed by atoms with Crippen LogP contribution in [0, 0.1) is 23.2 Å². The summed E-state index contributed by atoms with van der Waals surface area (Å²) < 4.78 is 12.1. The second-order valence-electron chi connectivity index (χ2n) is 9.78. The number of pyridine rings is 1. The first-order valence-electron chi connectivity index (χ1n) is 10.8. The fourth-order valence-corrected chi connectivity index (χ4v) is 6.85. The quantitative estimate of drug-likeness (QED) is 0.755. The van der Waals surface area contributed by atoms with Gasteiger partial charge in [0.15, 0.2) is 0 Å². The predicted octanol–water partition coefficient (Wildman–Crippen LogP) is 4.74. The van der Waals surface area contributed by atoms with Gasteiger partial charge >= 0.3 is 5.63 Å². The Morgan fingerprint density at radius 3 is 2.83 bits per heavy atom. The molecule has 6 unspecified atom stereocenters. The molecule has 2 aromatic heterocycles. The average Bonchev–Trinajstić information content (AvgIpc) is 2.67. The normalized spacial score (nSPS) is 38.3. The second kappa shape index (κ2) is 6.43. The third-order valence-corrected chi connectivity index (χ3v) is 8.08. The zero-order valence-electron chi connectivity index (χ0n) is 17.4. The van der Waals surface area contributed by atoms with Gasteiger partial charge in [-0.25, -0.2) is 4.79 Å². The van der Waals surface area contributed by atoms with Crippen molar-refractivity contribution >= 4 is 0 Å². The number of aliphatic hydroxyl groups is 1. The summed E-state index contributed by atoms with van der Waals surface area (Å²) >= 11 is 0. The van der Waals surface area contributed by atoms with Crippen molar-refractivity contribution < 1.29 is 14.3 Å². The number of hydrogen-bond donors (Lipinski definition) is 1. The van der Waals surface area contributed by atoms with E-state index >= 15 is 0 Å². The average molecular weight is 395 g/mol. The van der Waals surface area contributed by atoms with Gasteiger partial charge < -0.3 is 14.3 Å². The summed E-state index contributed by atoms with van der Waals surface area (Å²) in [6.45, 7) is 6.75. The molecule has 0 amide bonds. The van der Waals surface area contributed by atoms with E-state index in [9.17, 15) is 9.90 Å². The maximum atomic E-state index is 12.9. The lowest BCUT2D eigenvalue weighted by Crippen LogP contribution is -2.61. The molecule has 1 aliphatic heterocycles. The molecule has 0 bridgehead atoms. The molecule has 154 valence electrons. The monoisotopic (exact) mass is 395 g/mol. The Kier molecular flexibility index (Phi) is 4.18. The molecule has 0 saturated heterocycles. The first-order valence-corrected chi connectivity index (χ1v) is 10.8. The molecule has 5 nitrogen and oxygen atoms in total. The first-order chi connectivity index (χ1) is 13.8. The van der Waals surface area contributed by atoms with Crippen LogP contribution in [0.15, 0.2) is 39.8 Å². The highest BCUT2D eigenvalue weighted by Gasteiger charge is 2.62. The molecule has 2 saturated carbocycles. The lowest BCUT2D eigenvalue weighted by Gasteiger charge is -2.61. The van der Waals surface area contributed by atoms with Crippen LogP contribution in [-0.2, 0) is 0 Å². The number of fused-ring (bicyclic) bond motifs is 4. The minimum absolute atomic E-state index is 0.0454. The highest BCUT2D eigenvalue weighted by molar-refractivity contribution is 5.58. The molecular formula is C24H29NO4. The van der Waals surface area contributed by atoms with E-state index in [1.807, 2.05) is 6.07 Å². The van der Waals surface area contributed by atoms with Crippen molar-refractivity contribution in [1.82, 2.24) is 4.98 Å². The fourth-order valence-electron chi connectivity index (χ4n) is 6.85. The predicted molar refractivity (Wildman–Crippen MR) is 110 cm³/mol. The van der Waals surface area contributed by atoms with Gasteiger partial charge in [0.2, 0.25) is 0 Å². The van der Waals surface area contributed by atoms with Gasteiger partial charge in [0.1, 0.15) is 22.7 Å². The fraction of sp³-hybridized carbons (Fsp3) is 0.583. The molecule has 2 aliphatic carbocycles. The van der Waals surface area contributed by atoms with Crippen LogP contribution >= 0.6 is 0 Å². The standard InChI is InChI=1S/C24H29NO4/c1-14-6-4-9-23(2)16(14)8-10-24(3)21(23)20(26)19-18(29-24)12-17(28-22(19)27)15-7-5-11-25-13-15/h5,7,11-14,16,20-21,26H,4,6,8-10H2,1-3H3. The van der Waals surface area contributed by atoms with Crippen LogP contribution in [0.1, 0.15) is 64.5 Å². The Balaban J connectivity index is 1.62. The van der Waals surface area contributed by atoms with Gasteiger partial charge in [-0.05, 0) is 55.6 Å². The largest absolute Gasteiger partial charge is 0.486 e. The Morgan fingerprint density at radius 2 is 2.07 bits per heavy atom. The summed E-state index contributed by atoms with van der Waals surface area (Å²) in [5.41, 5.74) is -0.0504. The molecule has 0 radical (unpaired) electrons. The molecule has 2 aromatic rings. The van der Waals surface area contributed by atoms with Gasteiger partial charge in [0.25, 0.3) is 0 Å². The molecule has 2 fully saturated rings. The summed E-state index contributed by atoms with van der Waals surface area (Å²) in [4.78, 5) is 17.1. The number of ether oxygens (including phenoxy) is 1. The van der Waals surface area contributed by atoms with E-state index in [0.717, 1.165) is 31.2 Å². The minimum Gasteiger partial charge on any atom is -0.486 e. The van der Waals surface area contributed by atoms with E-state index < -0.39 is 17.3 Å². The maximum absolute atomic E-state index is 12.9. The molecule has 5 rings (SSSR count). The number of nitrogens with zero attached hydrogens (tertiary/aromatic N) is 1. The summed E-state index contributed by atoms with van der Waals surface area (Å²) in [7, 11) is 0. The molecule has 3 heterocycles. The molecule has 3 aliphatic rings. The van der Waals surface area contributed by atoms with Gasteiger partial charge in [0.05, 0.1) is 6.10 Å². The molecule has 0 aromatic carbocycles. The lowest BCUT2D eigenvalue weighted by molar-refractivity contribution is -0.189. The Hall–Kier alpha value is -2.14. The van der Waals surface area contributed by atoms with Crippen molar-refractivity contribution in [2.45, 2.75) is 64.6 Å². The van der Waals surface area contributed by atoms with E-state index in [0.29, 0.717) is 23.3 Å². The van der Waals surface area contributed by atoms with Gasteiger partial charge in [0, 0.05) is 29.9 Å². The Morgan fingerprint density at radius 1 is 1.24 bits per heavy atom. The highest BCUT2D eigenvalue weighted by Crippen LogP contribution is 2.64. The van der Waals surface area contributed by atoms with E-state index in [4.69, 9.17) is 9.15 Å². The van der Waals surface area contributed by atoms with E-state index in [1.54, 1.807) is 24.5 Å². The van der Waals surface area contributed by atoms with Crippen LogP contribution in [0.5, 0.6) is 5.75 Å². The van der Waals surface area contributed by atoms with Gasteiger partial charge in [-0.15, -0.1) is 0 Å². The van der Waals surface area contributed by atoms with Gasteiger partial charge in [-0.1, -0.05) is 26.7 Å². The maximum Gasteiger partial charge on any atom is 0.345 e. The van der Waals surface area contributed by atoms with Crippen LogP contribution in [0.2, 0.25) is 0 Å². The van der Waals surface area contributed by atoms with Crippen molar-refractivity contribution in [1.29, 1.82) is 0 Å². The van der Waals surface area contributed by atoms with E-state index in [-0.39, 0.29) is 16.9 Å². The topological polar surface area (TPSA) is 72.6 Å².